The predicted molar refractivity (Wildman–Crippen MR) is 119 cm³/mol. The van der Waals surface area contributed by atoms with Gasteiger partial charge in [-0.1, -0.05) is 12.8 Å². The molecule has 2 heterocycles. The van der Waals surface area contributed by atoms with Crippen LogP contribution < -0.4 is 22.1 Å². The summed E-state index contributed by atoms with van der Waals surface area (Å²) in [6.45, 7) is 0. The number of rotatable bonds is 6. The van der Waals surface area contributed by atoms with Crippen molar-refractivity contribution < 1.29 is 18.0 Å². The Kier molecular flexibility index (Phi) is 6.45. The number of carbonyl (C=O) groups is 1. The normalized spacial score (nSPS) is 18.1. The molecular weight excluding hydrogens is 433 g/mol. The molecule has 2 unspecified atom stereocenters. The summed E-state index contributed by atoms with van der Waals surface area (Å²) in [5.41, 5.74) is 12.3. The van der Waals surface area contributed by atoms with Crippen LogP contribution in [0, 0.1) is 17.5 Å². The lowest BCUT2D eigenvalue weighted by atomic mass is 9.91. The van der Waals surface area contributed by atoms with Crippen molar-refractivity contribution in [3.63, 3.8) is 0 Å². The van der Waals surface area contributed by atoms with Gasteiger partial charge in [0.25, 0.3) is 5.91 Å². The van der Waals surface area contributed by atoms with Crippen molar-refractivity contribution >= 4 is 23.2 Å². The van der Waals surface area contributed by atoms with E-state index in [9.17, 15) is 18.0 Å². The molecule has 33 heavy (non-hydrogen) atoms. The van der Waals surface area contributed by atoms with Gasteiger partial charge in [-0.15, -0.1) is 0 Å². The molecule has 6 N–H and O–H groups in total. The van der Waals surface area contributed by atoms with Crippen LogP contribution in [0.15, 0.2) is 42.7 Å². The van der Waals surface area contributed by atoms with Gasteiger partial charge in [0, 0.05) is 35.5 Å². The van der Waals surface area contributed by atoms with Crippen LogP contribution in [0.25, 0.3) is 11.1 Å². The largest absolute Gasteiger partial charge is 0.365 e. The molecule has 1 fully saturated rings. The van der Waals surface area contributed by atoms with Gasteiger partial charge in [-0.2, -0.15) is 0 Å². The van der Waals surface area contributed by atoms with Crippen molar-refractivity contribution in [1.82, 2.24) is 9.97 Å². The van der Waals surface area contributed by atoms with Crippen molar-refractivity contribution in [1.29, 1.82) is 0 Å². The summed E-state index contributed by atoms with van der Waals surface area (Å²) >= 11 is 0. The van der Waals surface area contributed by atoms with Crippen molar-refractivity contribution in [3.05, 3.63) is 65.7 Å². The monoisotopic (exact) mass is 456 g/mol. The van der Waals surface area contributed by atoms with E-state index in [-0.39, 0.29) is 34.8 Å². The number of benzene rings is 1. The molecule has 0 saturated heterocycles. The fourth-order valence-corrected chi connectivity index (χ4v) is 3.90. The van der Waals surface area contributed by atoms with E-state index in [4.69, 9.17) is 11.5 Å². The van der Waals surface area contributed by atoms with Crippen LogP contribution in [-0.2, 0) is 0 Å². The standard InChI is InChI=1S/C23H23F3N6O/c24-13-5-6-15(17(25)8-13)12-7-14(11-29-10-12)30-22-16(21(28)33)9-18(26)23(32-22)31-20-4-2-1-3-19(20)27/h5-11,19-20H,1-4,27H2,(H2,28,33)(H2,30,31,32). The van der Waals surface area contributed by atoms with Crippen LogP contribution in [0.1, 0.15) is 36.0 Å². The van der Waals surface area contributed by atoms with E-state index >= 15 is 0 Å². The number of nitrogens with two attached hydrogens (primary N) is 2. The number of nitrogens with one attached hydrogen (secondary N) is 2. The van der Waals surface area contributed by atoms with Gasteiger partial charge in [-0.3, -0.25) is 9.78 Å². The molecule has 2 aromatic heterocycles. The lowest BCUT2D eigenvalue weighted by molar-refractivity contribution is 0.100. The van der Waals surface area contributed by atoms with Crippen LogP contribution in [0.4, 0.5) is 30.5 Å². The van der Waals surface area contributed by atoms with E-state index in [0.29, 0.717) is 11.3 Å². The number of pyridine rings is 2. The van der Waals surface area contributed by atoms with E-state index in [2.05, 4.69) is 20.6 Å². The van der Waals surface area contributed by atoms with E-state index < -0.39 is 23.4 Å². The number of carbonyl (C=O) groups excluding carboxylic acids is 1. The first-order valence-electron chi connectivity index (χ1n) is 10.5. The molecule has 1 aliphatic rings. The van der Waals surface area contributed by atoms with Gasteiger partial charge < -0.3 is 22.1 Å². The summed E-state index contributed by atoms with van der Waals surface area (Å²) < 4.78 is 42.1. The fraction of sp³-hybridized carbons (Fsp3) is 0.261. The van der Waals surface area contributed by atoms with Crippen molar-refractivity contribution in [3.8, 4) is 11.1 Å². The minimum absolute atomic E-state index is 0.00862. The molecule has 10 heteroatoms. The van der Waals surface area contributed by atoms with E-state index in [1.807, 2.05) is 0 Å². The molecule has 172 valence electrons. The summed E-state index contributed by atoms with van der Waals surface area (Å²) in [6.07, 6.45) is 6.41. The van der Waals surface area contributed by atoms with Gasteiger partial charge >= 0.3 is 0 Å². The molecule has 2 atom stereocenters. The van der Waals surface area contributed by atoms with Crippen molar-refractivity contribution in [2.75, 3.05) is 10.6 Å². The summed E-state index contributed by atoms with van der Waals surface area (Å²) in [6, 6.07) is 5.47. The number of amides is 1. The molecule has 1 saturated carbocycles. The highest BCUT2D eigenvalue weighted by molar-refractivity contribution is 5.98. The smallest absolute Gasteiger partial charge is 0.252 e. The molecular formula is C23H23F3N6O. The molecule has 1 aromatic carbocycles. The summed E-state index contributed by atoms with van der Waals surface area (Å²) in [5.74, 6) is -3.10. The third kappa shape index (κ3) is 5.06. The maximum absolute atomic E-state index is 14.7. The Morgan fingerprint density at radius 2 is 1.79 bits per heavy atom. The topological polar surface area (TPSA) is 119 Å². The van der Waals surface area contributed by atoms with Crippen LogP contribution in [0.5, 0.6) is 0 Å². The van der Waals surface area contributed by atoms with E-state index in [1.165, 1.54) is 18.5 Å². The van der Waals surface area contributed by atoms with E-state index in [0.717, 1.165) is 43.9 Å². The molecule has 1 aliphatic carbocycles. The van der Waals surface area contributed by atoms with Gasteiger partial charge in [0.05, 0.1) is 17.4 Å². The zero-order valence-electron chi connectivity index (χ0n) is 17.6. The average Bonchev–Trinajstić information content (AvgIpc) is 2.77. The van der Waals surface area contributed by atoms with Crippen LogP contribution in [0.2, 0.25) is 0 Å². The van der Waals surface area contributed by atoms with Crippen molar-refractivity contribution in [2.45, 2.75) is 37.8 Å². The Morgan fingerprint density at radius 3 is 2.52 bits per heavy atom. The number of anilines is 3. The lowest BCUT2D eigenvalue weighted by Crippen LogP contribution is -2.43. The predicted octanol–water partition coefficient (Wildman–Crippen LogP) is 4.09. The Labute approximate surface area is 188 Å². The van der Waals surface area contributed by atoms with Crippen LogP contribution in [0.3, 0.4) is 0 Å². The Hall–Kier alpha value is -3.66. The van der Waals surface area contributed by atoms with Crippen LogP contribution in [-0.4, -0.2) is 28.0 Å². The van der Waals surface area contributed by atoms with Gasteiger partial charge in [0.2, 0.25) is 0 Å². The third-order valence-corrected chi connectivity index (χ3v) is 5.63. The number of halogens is 3. The Balaban J connectivity index is 1.66. The zero-order chi connectivity index (χ0) is 23.5. The molecule has 0 spiro atoms. The number of nitrogens with zero attached hydrogens (tertiary/aromatic N) is 2. The second-order valence-electron chi connectivity index (χ2n) is 7.99. The number of hydrogen-bond acceptors (Lipinski definition) is 6. The molecule has 4 rings (SSSR count). The quantitative estimate of drug-likeness (QED) is 0.444. The highest BCUT2D eigenvalue weighted by atomic mass is 19.1. The first-order valence-corrected chi connectivity index (χ1v) is 10.5. The second-order valence-corrected chi connectivity index (χ2v) is 7.99. The number of hydrogen-bond donors (Lipinski definition) is 4. The van der Waals surface area contributed by atoms with E-state index in [1.54, 1.807) is 6.07 Å². The number of primary amides is 1. The fourth-order valence-electron chi connectivity index (χ4n) is 3.90. The minimum atomic E-state index is -0.876. The third-order valence-electron chi connectivity index (χ3n) is 5.63. The molecule has 7 nitrogen and oxygen atoms in total. The first-order chi connectivity index (χ1) is 15.8. The SMILES string of the molecule is NC(=O)c1cc(F)c(NC2CCCCC2N)nc1Nc1cncc(-c2ccc(F)cc2F)c1. The summed E-state index contributed by atoms with van der Waals surface area (Å²) in [7, 11) is 0. The average molecular weight is 456 g/mol. The lowest BCUT2D eigenvalue weighted by Gasteiger charge is -2.30. The van der Waals surface area contributed by atoms with Gasteiger partial charge in [0.1, 0.15) is 17.5 Å². The van der Waals surface area contributed by atoms with Crippen molar-refractivity contribution in [2.24, 2.45) is 11.5 Å². The Bertz CT molecular complexity index is 1190. The maximum atomic E-state index is 14.7. The maximum Gasteiger partial charge on any atom is 0.252 e. The Morgan fingerprint density at radius 1 is 1.00 bits per heavy atom. The van der Waals surface area contributed by atoms with Gasteiger partial charge in [-0.25, -0.2) is 18.2 Å². The molecule has 1 amide bonds. The van der Waals surface area contributed by atoms with Gasteiger partial charge in [-0.05, 0) is 37.1 Å². The first kappa shape index (κ1) is 22.5. The molecule has 0 radical (unpaired) electrons. The summed E-state index contributed by atoms with van der Waals surface area (Å²) in [5, 5.41) is 5.94. The number of aromatic nitrogens is 2. The summed E-state index contributed by atoms with van der Waals surface area (Å²) in [4.78, 5) is 20.2. The van der Waals surface area contributed by atoms with Gasteiger partial charge in [0.15, 0.2) is 11.6 Å². The molecule has 0 aliphatic heterocycles. The molecule has 0 bridgehead atoms. The minimum Gasteiger partial charge on any atom is -0.365 e. The highest BCUT2D eigenvalue weighted by Crippen LogP contribution is 2.29. The van der Waals surface area contributed by atoms with Crippen LogP contribution >= 0.6 is 0 Å². The zero-order valence-corrected chi connectivity index (χ0v) is 17.6. The highest BCUT2D eigenvalue weighted by Gasteiger charge is 2.24. The second kappa shape index (κ2) is 9.45. The molecule has 3 aromatic rings.